The van der Waals surface area contributed by atoms with Gasteiger partial charge < -0.3 is 9.47 Å². The standard InChI is InChI=1S/C24H19Br2N3O3S2/c1-31-20-11-16(10-18(26)23(20)32-13-15-6-8-17(25)9-7-15)12-27-29-22(30)14-33-24-28-19-4-2-3-5-21(19)34-24/h2-12H,13-14H2,1H3,(H,29,30)/b27-12-. The zero-order valence-electron chi connectivity index (χ0n) is 18.0. The van der Waals surface area contributed by atoms with Crippen molar-refractivity contribution >= 4 is 77.3 Å². The first-order valence-corrected chi connectivity index (χ1v) is 13.5. The van der Waals surface area contributed by atoms with Gasteiger partial charge >= 0.3 is 0 Å². The summed E-state index contributed by atoms with van der Waals surface area (Å²) in [4.78, 5) is 16.7. The molecule has 1 amide bonds. The van der Waals surface area contributed by atoms with Crippen molar-refractivity contribution in [2.45, 2.75) is 10.9 Å². The molecule has 6 nitrogen and oxygen atoms in total. The molecule has 3 aromatic carbocycles. The number of thioether (sulfide) groups is 1. The average Bonchev–Trinajstić information content (AvgIpc) is 3.26. The number of carbonyl (C=O) groups excluding carboxylic acids is 1. The topological polar surface area (TPSA) is 72.8 Å². The molecule has 0 atom stereocenters. The van der Waals surface area contributed by atoms with E-state index in [2.05, 4.69) is 47.4 Å². The van der Waals surface area contributed by atoms with Crippen molar-refractivity contribution in [3.8, 4) is 11.5 Å². The predicted octanol–water partition coefficient (Wildman–Crippen LogP) is 6.65. The van der Waals surface area contributed by atoms with Gasteiger partial charge in [-0.25, -0.2) is 10.4 Å². The van der Waals surface area contributed by atoms with Crippen LogP contribution in [0.2, 0.25) is 0 Å². The molecule has 1 aromatic heterocycles. The predicted molar refractivity (Wildman–Crippen MR) is 145 cm³/mol. The number of aromatic nitrogens is 1. The molecule has 0 bridgehead atoms. The summed E-state index contributed by atoms with van der Waals surface area (Å²) in [6.07, 6.45) is 1.56. The van der Waals surface area contributed by atoms with Gasteiger partial charge in [0.1, 0.15) is 6.61 Å². The van der Waals surface area contributed by atoms with Gasteiger partial charge in [0.05, 0.1) is 33.8 Å². The molecule has 1 heterocycles. The van der Waals surface area contributed by atoms with Gasteiger partial charge in [0.25, 0.3) is 5.91 Å². The van der Waals surface area contributed by atoms with E-state index in [1.807, 2.05) is 54.6 Å². The van der Waals surface area contributed by atoms with E-state index < -0.39 is 0 Å². The third-order valence-electron chi connectivity index (χ3n) is 4.55. The van der Waals surface area contributed by atoms with Gasteiger partial charge in [0.2, 0.25) is 0 Å². The number of para-hydroxylation sites is 1. The van der Waals surface area contributed by atoms with Crippen LogP contribution < -0.4 is 14.9 Å². The van der Waals surface area contributed by atoms with Crippen LogP contribution in [0.5, 0.6) is 11.5 Å². The highest BCUT2D eigenvalue weighted by Gasteiger charge is 2.12. The number of ether oxygens (including phenoxy) is 2. The fourth-order valence-corrected chi connectivity index (χ4v) is 5.64. The molecular formula is C24H19Br2N3O3S2. The molecule has 0 fully saturated rings. The van der Waals surface area contributed by atoms with E-state index in [1.54, 1.807) is 30.7 Å². The minimum atomic E-state index is -0.207. The fraction of sp³-hybridized carbons (Fsp3) is 0.125. The Kier molecular flexibility index (Phi) is 8.60. The van der Waals surface area contributed by atoms with Crippen LogP contribution in [-0.4, -0.2) is 30.0 Å². The summed E-state index contributed by atoms with van der Waals surface area (Å²) in [5, 5.41) is 4.07. The molecular weight excluding hydrogens is 602 g/mol. The summed E-state index contributed by atoms with van der Waals surface area (Å²) in [7, 11) is 1.58. The Labute approximate surface area is 222 Å². The monoisotopic (exact) mass is 619 g/mol. The average molecular weight is 621 g/mol. The number of nitrogens with zero attached hydrogens (tertiary/aromatic N) is 2. The zero-order valence-corrected chi connectivity index (χ0v) is 22.8. The van der Waals surface area contributed by atoms with Crippen LogP contribution in [-0.2, 0) is 11.4 Å². The van der Waals surface area contributed by atoms with Crippen molar-refractivity contribution in [3.63, 3.8) is 0 Å². The van der Waals surface area contributed by atoms with E-state index >= 15 is 0 Å². The Morgan fingerprint density at radius 1 is 1.18 bits per heavy atom. The van der Waals surface area contributed by atoms with Crippen molar-refractivity contribution in [1.82, 2.24) is 10.4 Å². The molecule has 34 heavy (non-hydrogen) atoms. The van der Waals surface area contributed by atoms with E-state index in [4.69, 9.17) is 9.47 Å². The van der Waals surface area contributed by atoms with Crippen molar-refractivity contribution in [2.75, 3.05) is 12.9 Å². The zero-order chi connectivity index (χ0) is 23.9. The molecule has 4 rings (SSSR count). The summed E-state index contributed by atoms with van der Waals surface area (Å²) in [5.74, 6) is 1.18. The SMILES string of the molecule is COc1cc(/C=N\NC(=O)CSc2nc3ccccc3s2)cc(Br)c1OCc1ccc(Br)cc1. The van der Waals surface area contributed by atoms with Gasteiger partial charge in [-0.15, -0.1) is 11.3 Å². The Morgan fingerprint density at radius 2 is 1.97 bits per heavy atom. The first-order valence-electron chi connectivity index (χ1n) is 10.1. The van der Waals surface area contributed by atoms with Gasteiger partial charge in [0.15, 0.2) is 15.8 Å². The van der Waals surface area contributed by atoms with E-state index in [-0.39, 0.29) is 11.7 Å². The van der Waals surface area contributed by atoms with Crippen LogP contribution in [0.25, 0.3) is 10.2 Å². The number of nitrogens with one attached hydrogen (secondary N) is 1. The lowest BCUT2D eigenvalue weighted by molar-refractivity contribution is -0.118. The third-order valence-corrected chi connectivity index (χ3v) is 7.85. The number of hydrazone groups is 1. The van der Waals surface area contributed by atoms with Gasteiger partial charge in [-0.05, 0) is 63.5 Å². The van der Waals surface area contributed by atoms with Crippen molar-refractivity contribution in [2.24, 2.45) is 5.10 Å². The summed E-state index contributed by atoms with van der Waals surface area (Å²) in [5.41, 5.74) is 5.28. The molecule has 0 spiro atoms. The van der Waals surface area contributed by atoms with Crippen LogP contribution in [0, 0.1) is 0 Å². The highest BCUT2D eigenvalue weighted by molar-refractivity contribution is 9.10. The second-order valence-corrected chi connectivity index (χ2v) is 11.0. The number of rotatable bonds is 9. The summed E-state index contributed by atoms with van der Waals surface area (Å²) < 4.78 is 15.2. The Balaban J connectivity index is 1.33. The van der Waals surface area contributed by atoms with Gasteiger partial charge in [-0.3, -0.25) is 4.79 Å². The lowest BCUT2D eigenvalue weighted by atomic mass is 10.2. The number of thiazole rings is 1. The van der Waals surface area contributed by atoms with E-state index in [1.165, 1.54) is 11.8 Å². The first-order chi connectivity index (χ1) is 16.5. The minimum absolute atomic E-state index is 0.207. The number of fused-ring (bicyclic) bond motifs is 1. The number of benzene rings is 3. The smallest absolute Gasteiger partial charge is 0.250 e. The van der Waals surface area contributed by atoms with Crippen LogP contribution in [0.1, 0.15) is 11.1 Å². The second kappa shape index (κ2) is 11.8. The Hall–Kier alpha value is -2.40. The molecule has 0 saturated carbocycles. The lowest BCUT2D eigenvalue weighted by Crippen LogP contribution is -2.19. The maximum atomic E-state index is 12.2. The maximum absolute atomic E-state index is 12.2. The molecule has 1 N–H and O–H groups in total. The van der Waals surface area contributed by atoms with E-state index in [0.717, 1.165) is 34.6 Å². The lowest BCUT2D eigenvalue weighted by Gasteiger charge is -2.13. The van der Waals surface area contributed by atoms with Gasteiger partial charge in [-0.2, -0.15) is 5.10 Å². The van der Waals surface area contributed by atoms with E-state index in [0.29, 0.717) is 18.1 Å². The van der Waals surface area contributed by atoms with Crippen LogP contribution >= 0.6 is 55.0 Å². The fourth-order valence-electron chi connectivity index (χ4n) is 2.94. The highest BCUT2D eigenvalue weighted by Crippen LogP contribution is 2.37. The molecule has 0 aliphatic carbocycles. The Morgan fingerprint density at radius 3 is 2.74 bits per heavy atom. The van der Waals surface area contributed by atoms with E-state index in [9.17, 15) is 4.79 Å². The summed E-state index contributed by atoms with van der Waals surface area (Å²) >= 11 is 9.93. The number of amides is 1. The van der Waals surface area contributed by atoms with Gasteiger partial charge in [-0.1, -0.05) is 52.0 Å². The molecule has 0 unspecified atom stereocenters. The summed E-state index contributed by atoms with van der Waals surface area (Å²) in [6.45, 7) is 0.401. The number of carbonyl (C=O) groups is 1. The quantitative estimate of drug-likeness (QED) is 0.129. The van der Waals surface area contributed by atoms with Crippen LogP contribution in [0.4, 0.5) is 0 Å². The van der Waals surface area contributed by atoms with Crippen LogP contribution in [0.15, 0.2) is 79.1 Å². The van der Waals surface area contributed by atoms with Crippen molar-refractivity contribution in [3.05, 3.63) is 80.7 Å². The number of hydrogen-bond donors (Lipinski definition) is 1. The molecule has 174 valence electrons. The molecule has 10 heteroatoms. The largest absolute Gasteiger partial charge is 0.493 e. The van der Waals surface area contributed by atoms with Gasteiger partial charge in [0, 0.05) is 4.47 Å². The highest BCUT2D eigenvalue weighted by atomic mass is 79.9. The number of methoxy groups -OCH3 is 1. The molecule has 0 radical (unpaired) electrons. The first kappa shape index (κ1) is 24.7. The molecule has 0 aliphatic rings. The number of halogens is 2. The normalized spacial score (nSPS) is 11.1. The Bertz CT molecular complexity index is 1290. The van der Waals surface area contributed by atoms with Crippen molar-refractivity contribution < 1.29 is 14.3 Å². The molecule has 0 saturated heterocycles. The van der Waals surface area contributed by atoms with Crippen LogP contribution in [0.3, 0.4) is 0 Å². The summed E-state index contributed by atoms with van der Waals surface area (Å²) in [6, 6.07) is 19.5. The number of hydrogen-bond acceptors (Lipinski definition) is 7. The molecule has 4 aromatic rings. The minimum Gasteiger partial charge on any atom is -0.493 e. The maximum Gasteiger partial charge on any atom is 0.250 e. The van der Waals surface area contributed by atoms with Crippen molar-refractivity contribution in [1.29, 1.82) is 0 Å². The third kappa shape index (κ3) is 6.59. The second-order valence-electron chi connectivity index (χ2n) is 6.98. The molecule has 0 aliphatic heterocycles.